The number of piperazine rings is 1. The van der Waals surface area contributed by atoms with Gasteiger partial charge >= 0.3 is 0 Å². The molecule has 0 saturated carbocycles. The summed E-state index contributed by atoms with van der Waals surface area (Å²) in [6.45, 7) is 7.18. The van der Waals surface area contributed by atoms with E-state index in [4.69, 9.17) is 4.98 Å². The molecular formula is C23H26FN5. The van der Waals surface area contributed by atoms with Gasteiger partial charge in [0.1, 0.15) is 11.6 Å². The summed E-state index contributed by atoms with van der Waals surface area (Å²) in [4.78, 5) is 13.6. The Morgan fingerprint density at radius 3 is 2.28 bits per heavy atom. The molecule has 1 fully saturated rings. The number of hydrogen-bond acceptors (Lipinski definition) is 5. The van der Waals surface area contributed by atoms with Crippen LogP contribution in [0, 0.1) is 12.7 Å². The lowest BCUT2D eigenvalue weighted by molar-refractivity contribution is 0.596. The van der Waals surface area contributed by atoms with Crippen molar-refractivity contribution in [3.63, 3.8) is 0 Å². The number of nitrogens with one attached hydrogen (secondary N) is 1. The number of aromatic nitrogens is 2. The first kappa shape index (κ1) is 19.2. The van der Waals surface area contributed by atoms with Crippen LogP contribution in [0.3, 0.4) is 0 Å². The topological polar surface area (TPSA) is 44.3 Å². The van der Waals surface area contributed by atoms with Crippen LogP contribution in [0.2, 0.25) is 0 Å². The fraction of sp³-hybridized carbons (Fsp3) is 0.304. The molecular weight excluding hydrogens is 365 g/mol. The van der Waals surface area contributed by atoms with E-state index in [2.05, 4.69) is 39.2 Å². The zero-order valence-corrected chi connectivity index (χ0v) is 16.8. The number of halogens is 1. The highest BCUT2D eigenvalue weighted by Crippen LogP contribution is 2.24. The number of anilines is 3. The van der Waals surface area contributed by atoms with E-state index >= 15 is 0 Å². The number of rotatable bonds is 5. The molecule has 3 aromatic rings. The molecule has 6 heteroatoms. The van der Waals surface area contributed by atoms with Gasteiger partial charge in [-0.3, -0.25) is 0 Å². The van der Waals surface area contributed by atoms with Gasteiger partial charge < -0.3 is 15.1 Å². The first-order valence-corrected chi connectivity index (χ1v) is 10.0. The fourth-order valence-corrected chi connectivity index (χ4v) is 3.68. The Hall–Kier alpha value is -3.15. The lowest BCUT2D eigenvalue weighted by Gasteiger charge is -2.37. The molecule has 150 valence electrons. The maximum absolute atomic E-state index is 14.1. The molecule has 1 aliphatic rings. The molecule has 29 heavy (non-hydrogen) atoms. The molecule has 1 aliphatic heterocycles. The van der Waals surface area contributed by atoms with Crippen molar-refractivity contribution in [1.82, 2.24) is 9.97 Å². The van der Waals surface area contributed by atoms with Gasteiger partial charge in [-0.25, -0.2) is 9.37 Å². The van der Waals surface area contributed by atoms with E-state index < -0.39 is 0 Å². The monoisotopic (exact) mass is 391 g/mol. The predicted molar refractivity (Wildman–Crippen MR) is 116 cm³/mol. The molecule has 2 aromatic carbocycles. The molecule has 0 amide bonds. The highest BCUT2D eigenvalue weighted by molar-refractivity contribution is 5.51. The lowest BCUT2D eigenvalue weighted by Crippen LogP contribution is -2.47. The largest absolute Gasteiger partial charge is 0.366 e. The number of hydrogen-bond donors (Lipinski definition) is 1. The minimum Gasteiger partial charge on any atom is -0.366 e. The Labute approximate surface area is 171 Å². The van der Waals surface area contributed by atoms with Gasteiger partial charge in [0, 0.05) is 37.9 Å². The van der Waals surface area contributed by atoms with Crippen LogP contribution < -0.4 is 15.1 Å². The molecule has 5 nitrogen and oxygen atoms in total. The molecule has 0 aliphatic carbocycles. The molecule has 2 heterocycles. The van der Waals surface area contributed by atoms with Crippen LogP contribution in [0.15, 0.2) is 60.7 Å². The third kappa shape index (κ3) is 4.47. The molecule has 1 aromatic heterocycles. The third-order valence-electron chi connectivity index (χ3n) is 5.28. The van der Waals surface area contributed by atoms with Gasteiger partial charge in [0.2, 0.25) is 5.95 Å². The van der Waals surface area contributed by atoms with Crippen LogP contribution >= 0.6 is 0 Å². The molecule has 1 N–H and O–H groups in total. The molecule has 4 rings (SSSR count). The summed E-state index contributed by atoms with van der Waals surface area (Å²) < 4.78 is 14.1. The lowest BCUT2D eigenvalue weighted by atomic mass is 10.1. The van der Waals surface area contributed by atoms with Crippen molar-refractivity contribution in [2.45, 2.75) is 19.9 Å². The highest BCUT2D eigenvalue weighted by Gasteiger charge is 2.21. The van der Waals surface area contributed by atoms with E-state index in [-0.39, 0.29) is 11.9 Å². The molecule has 1 atom stereocenters. The first-order chi connectivity index (χ1) is 14.1. The van der Waals surface area contributed by atoms with Crippen LogP contribution in [0.5, 0.6) is 0 Å². The van der Waals surface area contributed by atoms with Crippen LogP contribution in [-0.4, -0.2) is 36.1 Å². The maximum atomic E-state index is 14.1. The van der Waals surface area contributed by atoms with Crippen molar-refractivity contribution in [3.8, 4) is 0 Å². The Balaban J connectivity index is 1.45. The summed E-state index contributed by atoms with van der Waals surface area (Å²) in [5, 5.41) is 3.41. The van der Waals surface area contributed by atoms with Gasteiger partial charge in [-0.05, 0) is 31.5 Å². The average Bonchev–Trinajstić information content (AvgIpc) is 2.74. The van der Waals surface area contributed by atoms with Crippen LogP contribution in [-0.2, 0) is 0 Å². The zero-order valence-electron chi connectivity index (χ0n) is 16.8. The van der Waals surface area contributed by atoms with E-state index in [1.54, 1.807) is 6.07 Å². The van der Waals surface area contributed by atoms with Gasteiger partial charge in [-0.2, -0.15) is 4.98 Å². The Morgan fingerprint density at radius 1 is 0.897 bits per heavy atom. The predicted octanol–water partition coefficient (Wildman–Crippen LogP) is 4.42. The van der Waals surface area contributed by atoms with Gasteiger partial charge in [-0.15, -0.1) is 0 Å². The quantitative estimate of drug-likeness (QED) is 0.697. The van der Waals surface area contributed by atoms with E-state index in [0.717, 1.165) is 37.7 Å². The molecule has 1 saturated heterocycles. The van der Waals surface area contributed by atoms with Crippen LogP contribution in [0.25, 0.3) is 0 Å². The average molecular weight is 391 g/mol. The highest BCUT2D eigenvalue weighted by atomic mass is 19.1. The number of aryl methyl sites for hydroxylation is 1. The van der Waals surface area contributed by atoms with E-state index in [9.17, 15) is 4.39 Å². The second-order valence-corrected chi connectivity index (χ2v) is 7.39. The van der Waals surface area contributed by atoms with Crippen LogP contribution in [0.1, 0.15) is 24.2 Å². The van der Waals surface area contributed by atoms with E-state index in [1.807, 2.05) is 43.3 Å². The summed E-state index contributed by atoms with van der Waals surface area (Å²) in [6, 6.07) is 19.4. The van der Waals surface area contributed by atoms with Gasteiger partial charge in [0.05, 0.1) is 11.7 Å². The number of nitrogens with zero attached hydrogens (tertiary/aromatic N) is 4. The van der Waals surface area contributed by atoms with Crippen molar-refractivity contribution in [3.05, 3.63) is 77.7 Å². The summed E-state index contributed by atoms with van der Waals surface area (Å²) >= 11 is 0. The molecule has 1 unspecified atom stereocenters. The second kappa shape index (κ2) is 8.47. The Kier molecular flexibility index (Phi) is 5.60. The standard InChI is InChI=1S/C23H26FN5/c1-17-16-22(27-23(25-17)26-18(2)19-8-4-3-5-9-19)29-14-12-28(13-15-29)21-11-7-6-10-20(21)24/h3-11,16,18H,12-15H2,1-2H3,(H,25,26,27). The third-order valence-corrected chi connectivity index (χ3v) is 5.28. The van der Waals surface area contributed by atoms with Crippen molar-refractivity contribution < 1.29 is 4.39 Å². The summed E-state index contributed by atoms with van der Waals surface area (Å²) in [6.07, 6.45) is 0. The zero-order chi connectivity index (χ0) is 20.2. The summed E-state index contributed by atoms with van der Waals surface area (Å²) in [5.41, 5.74) is 2.79. The van der Waals surface area contributed by atoms with E-state index in [0.29, 0.717) is 11.6 Å². The van der Waals surface area contributed by atoms with Gasteiger partial charge in [0.25, 0.3) is 0 Å². The maximum Gasteiger partial charge on any atom is 0.225 e. The van der Waals surface area contributed by atoms with Crippen molar-refractivity contribution >= 4 is 17.5 Å². The Bertz CT molecular complexity index is 954. The smallest absolute Gasteiger partial charge is 0.225 e. The number of para-hydroxylation sites is 1. The van der Waals surface area contributed by atoms with Crippen molar-refractivity contribution in [1.29, 1.82) is 0 Å². The Morgan fingerprint density at radius 2 is 1.55 bits per heavy atom. The summed E-state index contributed by atoms with van der Waals surface area (Å²) in [5.74, 6) is 1.38. The molecule has 0 radical (unpaired) electrons. The van der Waals surface area contributed by atoms with Crippen molar-refractivity contribution in [2.24, 2.45) is 0 Å². The van der Waals surface area contributed by atoms with Gasteiger partial charge in [0.15, 0.2) is 0 Å². The first-order valence-electron chi connectivity index (χ1n) is 10.0. The van der Waals surface area contributed by atoms with Crippen molar-refractivity contribution in [2.75, 3.05) is 41.3 Å². The summed E-state index contributed by atoms with van der Waals surface area (Å²) in [7, 11) is 0. The second-order valence-electron chi connectivity index (χ2n) is 7.39. The normalized spacial score (nSPS) is 15.3. The minimum absolute atomic E-state index is 0.115. The van der Waals surface area contributed by atoms with E-state index in [1.165, 1.54) is 11.6 Å². The van der Waals surface area contributed by atoms with Gasteiger partial charge in [-0.1, -0.05) is 42.5 Å². The molecule has 0 bridgehead atoms. The SMILES string of the molecule is Cc1cc(N2CCN(c3ccccc3F)CC2)nc(NC(C)c2ccccc2)n1. The fourth-order valence-electron chi connectivity index (χ4n) is 3.68. The van der Waals surface area contributed by atoms with Crippen LogP contribution in [0.4, 0.5) is 21.8 Å². The number of benzene rings is 2. The molecule has 0 spiro atoms. The minimum atomic E-state index is -0.166.